The van der Waals surface area contributed by atoms with Crippen LogP contribution in [0, 0.1) is 5.82 Å². The molecule has 0 atom stereocenters. The van der Waals surface area contributed by atoms with Crippen molar-refractivity contribution in [2.24, 2.45) is 10.9 Å². The Hall–Kier alpha value is -3.11. The summed E-state index contributed by atoms with van der Waals surface area (Å²) in [7, 11) is -4.28. The van der Waals surface area contributed by atoms with Crippen molar-refractivity contribution in [3.05, 3.63) is 30.1 Å². The van der Waals surface area contributed by atoms with Crippen LogP contribution in [0.2, 0.25) is 0 Å². The summed E-state index contributed by atoms with van der Waals surface area (Å²) in [5.41, 5.74) is 12.5. The number of sulfonamides is 1. The van der Waals surface area contributed by atoms with E-state index in [9.17, 15) is 12.8 Å². The molecule has 9 N–H and O–H groups in total. The molecule has 4 rings (SSSR count). The van der Waals surface area contributed by atoms with Crippen molar-refractivity contribution in [1.29, 1.82) is 0 Å². The molecule has 0 aliphatic rings. The number of rotatable bonds is 7. The molecule has 0 aliphatic heterocycles. The number of imidazole rings is 1. The van der Waals surface area contributed by atoms with Gasteiger partial charge in [-0.3, -0.25) is 4.72 Å². The fourth-order valence-electron chi connectivity index (χ4n) is 3.13. The lowest BCUT2D eigenvalue weighted by Gasteiger charge is -2.16. The first-order valence-electron chi connectivity index (χ1n) is 8.78. The van der Waals surface area contributed by atoms with Crippen LogP contribution in [0.5, 0.6) is 0 Å². The van der Waals surface area contributed by atoms with Gasteiger partial charge in [0.2, 0.25) is 15.8 Å². The van der Waals surface area contributed by atoms with Gasteiger partial charge in [-0.1, -0.05) is 6.07 Å². The van der Waals surface area contributed by atoms with Gasteiger partial charge in [0, 0.05) is 23.5 Å². The van der Waals surface area contributed by atoms with E-state index in [1.165, 1.54) is 12.1 Å². The molecule has 0 aliphatic carbocycles. The summed E-state index contributed by atoms with van der Waals surface area (Å²) in [6.45, 7) is 0.764. The number of anilines is 1. The molecule has 0 amide bonds. The summed E-state index contributed by atoms with van der Waals surface area (Å²) in [5, 5.41) is 19.2. The summed E-state index contributed by atoms with van der Waals surface area (Å²) in [6, 6.07) is 5.59. The predicted molar refractivity (Wildman–Crippen MR) is 113 cm³/mol. The number of aromatic nitrogens is 6. The van der Waals surface area contributed by atoms with E-state index >= 15 is 0 Å². The maximum Gasteiger partial charge on any atom is 0.239 e. The standard InChI is InChI=1S/C16H17FN10O2S2/c17-7-5-9(13-10(6-7)22-16(19)23-13)8-1-2-11(30-21-4-3-18)14(31(20,28)29)12(8)15-24-26-27-25-15/h1-2,5-6,21H,3-4,18H2,(H3,19,22,23)(H2,20,28,29)(H,24,25,26,27). The Morgan fingerprint density at radius 1 is 1.23 bits per heavy atom. The first-order valence-corrected chi connectivity index (χ1v) is 11.1. The first-order chi connectivity index (χ1) is 14.8. The molecular weight excluding hydrogens is 447 g/mol. The van der Waals surface area contributed by atoms with Gasteiger partial charge < -0.3 is 16.5 Å². The second-order valence-corrected chi connectivity index (χ2v) is 8.78. The number of nitrogen functional groups attached to an aromatic ring is 1. The third-order valence-electron chi connectivity index (χ3n) is 4.26. The zero-order valence-electron chi connectivity index (χ0n) is 15.8. The second kappa shape index (κ2) is 8.20. The van der Waals surface area contributed by atoms with Gasteiger partial charge in [-0.15, -0.1) is 10.2 Å². The number of hydrogen-bond acceptors (Lipinski definition) is 10. The first kappa shape index (κ1) is 21.1. The lowest BCUT2D eigenvalue weighted by Crippen LogP contribution is -2.19. The van der Waals surface area contributed by atoms with Crippen LogP contribution >= 0.6 is 11.9 Å². The van der Waals surface area contributed by atoms with Crippen LogP contribution in [0.25, 0.3) is 33.5 Å². The maximum absolute atomic E-state index is 14.4. The van der Waals surface area contributed by atoms with Crippen molar-refractivity contribution in [1.82, 2.24) is 35.3 Å². The largest absolute Gasteiger partial charge is 0.369 e. The average Bonchev–Trinajstić information content (AvgIpc) is 3.35. The SMILES string of the molecule is NCCNSc1ccc(-c2cc(F)cc3[nH]c(N)nc23)c(-c2nn[nH]n2)c1S(N)(=O)=O. The number of primary sulfonamides is 1. The number of nitrogens with one attached hydrogen (secondary N) is 3. The van der Waals surface area contributed by atoms with Crippen molar-refractivity contribution in [2.45, 2.75) is 9.79 Å². The minimum absolute atomic E-state index is 0.0405. The molecule has 0 radical (unpaired) electrons. The highest BCUT2D eigenvalue weighted by Crippen LogP contribution is 2.41. The normalized spacial score (nSPS) is 12.0. The number of halogens is 1. The lowest BCUT2D eigenvalue weighted by molar-refractivity contribution is 0.596. The molecule has 0 bridgehead atoms. The molecule has 15 heteroatoms. The zero-order chi connectivity index (χ0) is 22.2. The Kier molecular flexibility index (Phi) is 5.59. The summed E-state index contributed by atoms with van der Waals surface area (Å²) in [6.07, 6.45) is 0. The molecule has 2 aromatic heterocycles. The summed E-state index contributed by atoms with van der Waals surface area (Å²) in [5.74, 6) is -0.542. The molecule has 0 unspecified atom stereocenters. The number of nitrogens with two attached hydrogens (primary N) is 3. The zero-order valence-corrected chi connectivity index (χ0v) is 17.4. The van der Waals surface area contributed by atoms with E-state index in [2.05, 4.69) is 35.3 Å². The molecule has 0 saturated heterocycles. The number of benzene rings is 2. The van der Waals surface area contributed by atoms with Gasteiger partial charge >= 0.3 is 0 Å². The minimum atomic E-state index is -4.28. The highest BCUT2D eigenvalue weighted by Gasteiger charge is 2.28. The summed E-state index contributed by atoms with van der Waals surface area (Å²) in [4.78, 5) is 7.01. The van der Waals surface area contributed by atoms with Gasteiger partial charge in [-0.25, -0.2) is 22.9 Å². The third kappa shape index (κ3) is 4.08. The van der Waals surface area contributed by atoms with Crippen LogP contribution in [0.3, 0.4) is 0 Å². The fraction of sp³-hybridized carbons (Fsp3) is 0.125. The van der Waals surface area contributed by atoms with Gasteiger partial charge in [0.1, 0.15) is 10.7 Å². The van der Waals surface area contributed by atoms with Gasteiger partial charge in [0.25, 0.3) is 0 Å². The van der Waals surface area contributed by atoms with E-state index in [1.807, 2.05) is 0 Å². The lowest BCUT2D eigenvalue weighted by atomic mass is 9.97. The fourth-order valence-corrected chi connectivity index (χ4v) is 5.15. The number of aromatic amines is 2. The van der Waals surface area contributed by atoms with Crippen molar-refractivity contribution in [2.75, 3.05) is 18.8 Å². The van der Waals surface area contributed by atoms with Gasteiger partial charge in [0.05, 0.1) is 16.6 Å². The maximum atomic E-state index is 14.4. The van der Waals surface area contributed by atoms with Gasteiger partial charge in [-0.2, -0.15) is 5.21 Å². The van der Waals surface area contributed by atoms with Crippen molar-refractivity contribution in [3.8, 4) is 22.5 Å². The molecular formula is C16H17FN10O2S2. The Labute approximate surface area is 179 Å². The molecule has 0 fully saturated rings. The number of fused-ring (bicyclic) bond motifs is 1. The van der Waals surface area contributed by atoms with Crippen LogP contribution in [0.4, 0.5) is 10.3 Å². The van der Waals surface area contributed by atoms with Crippen LogP contribution in [0.1, 0.15) is 0 Å². The van der Waals surface area contributed by atoms with E-state index < -0.39 is 15.8 Å². The van der Waals surface area contributed by atoms with Gasteiger partial charge in [-0.05, 0) is 40.9 Å². The Morgan fingerprint density at radius 2 is 2.03 bits per heavy atom. The number of H-pyrrole nitrogens is 2. The second-order valence-electron chi connectivity index (χ2n) is 6.35. The van der Waals surface area contributed by atoms with Gasteiger partial charge in [0.15, 0.2) is 5.95 Å². The van der Waals surface area contributed by atoms with Crippen LogP contribution in [-0.4, -0.2) is 52.1 Å². The number of hydrogen-bond donors (Lipinski definition) is 6. The quantitative estimate of drug-likeness (QED) is 0.163. The summed E-state index contributed by atoms with van der Waals surface area (Å²) < 4.78 is 42.6. The Morgan fingerprint density at radius 3 is 2.71 bits per heavy atom. The molecule has 2 aromatic carbocycles. The van der Waals surface area contributed by atoms with Crippen LogP contribution < -0.4 is 21.3 Å². The van der Waals surface area contributed by atoms with E-state index in [0.29, 0.717) is 24.1 Å². The topological polar surface area (TPSA) is 207 Å². The number of tetrazole rings is 1. The van der Waals surface area contributed by atoms with Crippen molar-refractivity contribution in [3.63, 3.8) is 0 Å². The number of nitrogens with zero attached hydrogens (tertiary/aromatic N) is 4. The Balaban J connectivity index is 2.07. The molecule has 162 valence electrons. The highest BCUT2D eigenvalue weighted by molar-refractivity contribution is 7.98. The highest BCUT2D eigenvalue weighted by atomic mass is 32.2. The molecule has 4 aromatic rings. The molecule has 31 heavy (non-hydrogen) atoms. The van der Waals surface area contributed by atoms with Crippen LogP contribution in [-0.2, 0) is 10.0 Å². The van der Waals surface area contributed by atoms with E-state index in [-0.39, 0.29) is 38.3 Å². The molecule has 0 saturated carbocycles. The monoisotopic (exact) mass is 464 g/mol. The van der Waals surface area contributed by atoms with Crippen LogP contribution in [0.15, 0.2) is 34.1 Å². The molecule has 2 heterocycles. The Bertz CT molecular complexity index is 1350. The minimum Gasteiger partial charge on any atom is -0.369 e. The predicted octanol–water partition coefficient (Wildman–Crippen LogP) is 0.334. The smallest absolute Gasteiger partial charge is 0.239 e. The molecule has 12 nitrogen and oxygen atoms in total. The van der Waals surface area contributed by atoms with Crippen molar-refractivity contribution >= 4 is 39.0 Å². The van der Waals surface area contributed by atoms with E-state index in [4.69, 9.17) is 16.6 Å². The molecule has 0 spiro atoms. The van der Waals surface area contributed by atoms with E-state index in [1.54, 1.807) is 12.1 Å². The third-order valence-corrected chi connectivity index (χ3v) is 6.29. The average molecular weight is 465 g/mol. The summed E-state index contributed by atoms with van der Waals surface area (Å²) >= 11 is 1.03. The van der Waals surface area contributed by atoms with Crippen molar-refractivity contribution < 1.29 is 12.8 Å². The van der Waals surface area contributed by atoms with E-state index in [0.717, 1.165) is 11.9 Å².